The Balaban J connectivity index is 1.37. The average molecular weight is 541 g/mol. The van der Waals surface area contributed by atoms with Crippen molar-refractivity contribution in [2.45, 2.75) is 39.2 Å². The van der Waals surface area contributed by atoms with E-state index in [0.29, 0.717) is 31.4 Å². The van der Waals surface area contributed by atoms with Gasteiger partial charge in [0, 0.05) is 69.8 Å². The van der Waals surface area contributed by atoms with Gasteiger partial charge in [0.15, 0.2) is 5.82 Å². The Morgan fingerprint density at radius 3 is 2.55 bits per heavy atom. The van der Waals surface area contributed by atoms with E-state index in [-0.39, 0.29) is 17.3 Å². The fraction of sp³-hybridized carbons (Fsp3) is 0.519. The minimum atomic E-state index is -0.269. The molecule has 4 N–H and O–H groups in total. The molecular weight excluding hydrogens is 500 g/mol. The first kappa shape index (κ1) is 28.0. The molecule has 2 fully saturated rings. The molecule has 0 aliphatic carbocycles. The molecule has 2 saturated heterocycles. The number of nitrogens with one attached hydrogen (secondary N) is 4. The Morgan fingerprint density at radius 1 is 1.16 bits per heavy atom. The number of piperidine rings is 1. The van der Waals surface area contributed by atoms with Crippen LogP contribution >= 0.6 is 12.8 Å². The second kappa shape index (κ2) is 13.2. The van der Waals surface area contributed by atoms with Gasteiger partial charge in [0.25, 0.3) is 5.56 Å². The van der Waals surface area contributed by atoms with Crippen LogP contribution in [0.3, 0.4) is 0 Å². The van der Waals surface area contributed by atoms with E-state index in [1.807, 2.05) is 13.0 Å². The molecule has 2 aromatic rings. The molecule has 1 amide bonds. The monoisotopic (exact) mass is 540 g/mol. The molecule has 0 spiro atoms. The van der Waals surface area contributed by atoms with Crippen molar-refractivity contribution in [1.82, 2.24) is 24.5 Å². The Labute approximate surface area is 230 Å². The summed E-state index contributed by atoms with van der Waals surface area (Å²) < 4.78 is 2.11. The Hall–Kier alpha value is -3.02. The van der Waals surface area contributed by atoms with Crippen LogP contribution in [0.1, 0.15) is 31.0 Å². The zero-order valence-corrected chi connectivity index (χ0v) is 23.3. The Bertz CT molecular complexity index is 1170. The van der Waals surface area contributed by atoms with E-state index in [0.717, 1.165) is 56.2 Å². The van der Waals surface area contributed by atoms with Crippen LogP contribution in [0.5, 0.6) is 0 Å². The number of amides is 1. The summed E-state index contributed by atoms with van der Waals surface area (Å²) in [5, 5.41) is 9.12. The summed E-state index contributed by atoms with van der Waals surface area (Å²) in [7, 11) is 0. The molecule has 3 heterocycles. The SMILES string of the molecule is C=CC(=O)NCCNc1nc(Nc2ccc(N3CCC(N4CCN(S)CC4)CC3)c(C)c2)c(=O)[nH]c1CC. The maximum atomic E-state index is 12.7. The molecule has 0 unspecified atom stereocenters. The number of benzene rings is 1. The number of rotatable bonds is 10. The number of hydrogen-bond acceptors (Lipinski definition) is 9. The first-order chi connectivity index (χ1) is 18.4. The molecule has 0 bridgehead atoms. The van der Waals surface area contributed by atoms with Gasteiger partial charge in [-0.3, -0.25) is 18.8 Å². The quantitative estimate of drug-likeness (QED) is 0.178. The van der Waals surface area contributed by atoms with Crippen molar-refractivity contribution in [3.63, 3.8) is 0 Å². The highest BCUT2D eigenvalue weighted by atomic mass is 32.1. The number of aromatic nitrogens is 2. The number of anilines is 4. The van der Waals surface area contributed by atoms with E-state index in [9.17, 15) is 9.59 Å². The normalized spacial score (nSPS) is 17.3. The third-order valence-electron chi connectivity index (χ3n) is 7.32. The van der Waals surface area contributed by atoms with Gasteiger partial charge in [0.2, 0.25) is 5.91 Å². The molecular formula is C27H40N8O2S. The minimum absolute atomic E-state index is 0.227. The molecule has 11 heteroatoms. The third kappa shape index (κ3) is 7.09. The van der Waals surface area contributed by atoms with Crippen LogP contribution in [0.4, 0.5) is 23.0 Å². The van der Waals surface area contributed by atoms with Crippen molar-refractivity contribution in [1.29, 1.82) is 0 Å². The fourth-order valence-corrected chi connectivity index (χ4v) is 5.36. The molecule has 1 aromatic heterocycles. The van der Waals surface area contributed by atoms with Crippen molar-refractivity contribution in [2.75, 3.05) is 67.9 Å². The second-order valence-electron chi connectivity index (χ2n) is 9.85. The highest BCUT2D eigenvalue weighted by Crippen LogP contribution is 2.29. The zero-order valence-electron chi connectivity index (χ0n) is 22.4. The molecule has 2 aliphatic heterocycles. The van der Waals surface area contributed by atoms with Gasteiger partial charge in [-0.2, -0.15) is 0 Å². The van der Waals surface area contributed by atoms with Crippen molar-refractivity contribution in [2.24, 2.45) is 0 Å². The smallest absolute Gasteiger partial charge is 0.291 e. The first-order valence-electron chi connectivity index (χ1n) is 13.5. The van der Waals surface area contributed by atoms with Gasteiger partial charge >= 0.3 is 0 Å². The van der Waals surface area contributed by atoms with Crippen molar-refractivity contribution < 1.29 is 4.79 Å². The summed E-state index contributed by atoms with van der Waals surface area (Å²) in [4.78, 5) is 36.6. The maximum absolute atomic E-state index is 12.7. The number of nitrogens with zero attached hydrogens (tertiary/aromatic N) is 4. The van der Waals surface area contributed by atoms with Crippen LogP contribution in [-0.4, -0.2) is 83.5 Å². The molecule has 206 valence electrons. The summed E-state index contributed by atoms with van der Waals surface area (Å²) >= 11 is 4.48. The lowest BCUT2D eigenvalue weighted by molar-refractivity contribution is -0.116. The van der Waals surface area contributed by atoms with Crippen LogP contribution < -0.4 is 26.4 Å². The van der Waals surface area contributed by atoms with Crippen LogP contribution in [0.2, 0.25) is 0 Å². The lowest BCUT2D eigenvalue weighted by Gasteiger charge is -2.42. The minimum Gasteiger partial charge on any atom is -0.371 e. The van der Waals surface area contributed by atoms with E-state index < -0.39 is 0 Å². The molecule has 38 heavy (non-hydrogen) atoms. The average Bonchev–Trinajstić information content (AvgIpc) is 2.93. The fourth-order valence-electron chi connectivity index (χ4n) is 5.18. The molecule has 1 aromatic carbocycles. The van der Waals surface area contributed by atoms with E-state index in [1.54, 1.807) is 0 Å². The summed E-state index contributed by atoms with van der Waals surface area (Å²) in [5.74, 6) is 0.596. The van der Waals surface area contributed by atoms with Gasteiger partial charge in [-0.05, 0) is 56.0 Å². The summed E-state index contributed by atoms with van der Waals surface area (Å²) in [6, 6.07) is 6.86. The number of carbonyl (C=O) groups is 1. The predicted octanol–water partition coefficient (Wildman–Crippen LogP) is 2.53. The van der Waals surface area contributed by atoms with Crippen LogP contribution in [0.15, 0.2) is 35.6 Å². The molecule has 4 rings (SSSR count). The largest absolute Gasteiger partial charge is 0.371 e. The van der Waals surface area contributed by atoms with E-state index in [1.165, 1.54) is 24.6 Å². The van der Waals surface area contributed by atoms with Crippen molar-refractivity contribution in [3.05, 3.63) is 52.5 Å². The number of piperazine rings is 1. The number of carbonyl (C=O) groups excluding carboxylic acids is 1. The van der Waals surface area contributed by atoms with Gasteiger partial charge in [-0.1, -0.05) is 26.3 Å². The van der Waals surface area contributed by atoms with Crippen molar-refractivity contribution >= 4 is 41.7 Å². The standard InChI is InChI=1S/C27H40N8O2S/c1-4-22-25(29-11-10-28-24(36)5-2)32-26(27(37)31-22)30-20-6-7-23(19(3)18-20)34-12-8-21(9-13-34)33-14-16-35(38)17-15-33/h5-7,18,21,38H,2,4,8-17H2,1,3H3,(H,28,36)(H,31,37)(H2,29,30,32). The van der Waals surface area contributed by atoms with Crippen LogP contribution in [0, 0.1) is 6.92 Å². The predicted molar refractivity (Wildman–Crippen MR) is 158 cm³/mol. The lowest BCUT2D eigenvalue weighted by atomic mass is 10.0. The number of aromatic amines is 1. The molecule has 2 aliphatic rings. The number of H-pyrrole nitrogens is 1. The maximum Gasteiger partial charge on any atom is 0.291 e. The molecule has 10 nitrogen and oxygen atoms in total. The highest BCUT2D eigenvalue weighted by Gasteiger charge is 2.27. The molecule has 0 radical (unpaired) electrons. The van der Waals surface area contributed by atoms with Gasteiger partial charge in [-0.15, -0.1) is 0 Å². The Morgan fingerprint density at radius 2 is 1.89 bits per heavy atom. The highest BCUT2D eigenvalue weighted by molar-refractivity contribution is 7.77. The lowest BCUT2D eigenvalue weighted by Crippen LogP contribution is -2.51. The number of hydrogen-bond donors (Lipinski definition) is 5. The van der Waals surface area contributed by atoms with Gasteiger partial charge in [0.1, 0.15) is 5.82 Å². The van der Waals surface area contributed by atoms with Crippen LogP contribution in [0.25, 0.3) is 0 Å². The van der Waals surface area contributed by atoms with E-state index in [4.69, 9.17) is 0 Å². The van der Waals surface area contributed by atoms with Crippen molar-refractivity contribution in [3.8, 4) is 0 Å². The topological polar surface area (TPSA) is 109 Å². The number of aryl methyl sites for hydroxylation is 2. The van der Waals surface area contributed by atoms with E-state index >= 15 is 0 Å². The summed E-state index contributed by atoms with van der Waals surface area (Å²) in [5.41, 5.74) is 3.67. The first-order valence-corrected chi connectivity index (χ1v) is 13.9. The third-order valence-corrected chi connectivity index (χ3v) is 7.72. The molecule has 0 atom stereocenters. The van der Waals surface area contributed by atoms with Gasteiger partial charge in [-0.25, -0.2) is 4.98 Å². The zero-order chi connectivity index (χ0) is 27.1. The van der Waals surface area contributed by atoms with Gasteiger partial charge in [0.05, 0.1) is 5.69 Å². The second-order valence-corrected chi connectivity index (χ2v) is 10.4. The van der Waals surface area contributed by atoms with Crippen LogP contribution in [-0.2, 0) is 11.2 Å². The molecule has 0 saturated carbocycles. The summed E-state index contributed by atoms with van der Waals surface area (Å²) in [6.45, 7) is 14.8. The Kier molecular flexibility index (Phi) is 9.70. The van der Waals surface area contributed by atoms with E-state index in [2.05, 4.69) is 78.5 Å². The van der Waals surface area contributed by atoms with Gasteiger partial charge < -0.3 is 25.8 Å². The number of thiol groups is 1. The summed E-state index contributed by atoms with van der Waals surface area (Å²) in [6.07, 6.45) is 4.20.